The third kappa shape index (κ3) is 3.46. The van der Waals surface area contributed by atoms with Crippen molar-refractivity contribution >= 4 is 41.2 Å². The van der Waals surface area contributed by atoms with Crippen LogP contribution in [0.3, 0.4) is 0 Å². The highest BCUT2D eigenvalue weighted by Crippen LogP contribution is 2.44. The predicted octanol–water partition coefficient (Wildman–Crippen LogP) is 4.15. The van der Waals surface area contributed by atoms with Gasteiger partial charge in [-0.1, -0.05) is 30.4 Å². The molecule has 6 nitrogen and oxygen atoms in total. The van der Waals surface area contributed by atoms with Crippen molar-refractivity contribution < 1.29 is 14.3 Å². The van der Waals surface area contributed by atoms with Gasteiger partial charge in [-0.15, -0.1) is 0 Å². The van der Waals surface area contributed by atoms with Gasteiger partial charge in [0.2, 0.25) is 5.91 Å². The Morgan fingerprint density at radius 3 is 3.04 bits per heavy atom. The zero-order chi connectivity index (χ0) is 19.8. The minimum absolute atomic E-state index is 0.00574. The number of aromatic nitrogens is 1. The Morgan fingerprint density at radius 2 is 2.25 bits per heavy atom. The first-order chi connectivity index (χ1) is 13.5. The molecule has 3 atom stereocenters. The lowest BCUT2D eigenvalue weighted by Gasteiger charge is -2.39. The Morgan fingerprint density at radius 1 is 1.43 bits per heavy atom. The molecule has 2 N–H and O–H groups in total. The Kier molecular flexibility index (Phi) is 5.25. The fraction of sp³-hybridized carbons (Fsp3) is 0.450. The highest BCUT2D eigenvalue weighted by atomic mass is 32.1. The van der Waals surface area contributed by atoms with Crippen LogP contribution in [0.5, 0.6) is 5.75 Å². The van der Waals surface area contributed by atoms with E-state index in [4.69, 9.17) is 17.0 Å². The number of carbonyl (C=O) groups excluding carboxylic acids is 2. The zero-order valence-electron chi connectivity index (χ0n) is 15.9. The van der Waals surface area contributed by atoms with Crippen molar-refractivity contribution in [3.05, 3.63) is 38.7 Å². The van der Waals surface area contributed by atoms with Gasteiger partial charge in [0.05, 0.1) is 13.0 Å². The molecular formula is C20H23N3O3S2. The van der Waals surface area contributed by atoms with Gasteiger partial charge in [0.25, 0.3) is 5.91 Å². The van der Waals surface area contributed by atoms with Crippen molar-refractivity contribution in [3.8, 4) is 5.75 Å². The number of hydrogen-bond donors (Lipinski definition) is 2. The first-order valence-corrected chi connectivity index (χ1v) is 10.7. The molecule has 1 aromatic heterocycles. The van der Waals surface area contributed by atoms with Crippen LogP contribution in [0.15, 0.2) is 24.3 Å². The van der Waals surface area contributed by atoms with Crippen LogP contribution in [0.2, 0.25) is 0 Å². The van der Waals surface area contributed by atoms with Gasteiger partial charge in [0.1, 0.15) is 16.4 Å². The van der Waals surface area contributed by atoms with Crippen molar-refractivity contribution in [1.29, 1.82) is 0 Å². The summed E-state index contributed by atoms with van der Waals surface area (Å²) < 4.78 is 7.86. The maximum atomic E-state index is 12.8. The Labute approximate surface area is 172 Å². The van der Waals surface area contributed by atoms with Crippen molar-refractivity contribution in [2.24, 2.45) is 11.8 Å². The maximum absolute atomic E-state index is 12.8. The molecule has 1 fully saturated rings. The average molecular weight is 418 g/mol. The molecule has 8 heteroatoms. The molecule has 0 bridgehead atoms. The number of nitrogens with zero attached hydrogens (tertiary/aromatic N) is 1. The minimum Gasteiger partial charge on any atom is -0.497 e. The molecule has 1 aromatic carbocycles. The molecule has 2 aliphatic rings. The molecule has 0 saturated heterocycles. The monoisotopic (exact) mass is 417 g/mol. The number of anilines is 1. The quantitative estimate of drug-likeness (QED) is 0.733. The first kappa shape index (κ1) is 19.1. The standard InChI is InChI=1S/C20H23N3O3S2/c1-11-6-7-15-14(8-11)18(24)22-17-16(28-20(27)23(15)17)19(25)21-10-12-4-3-5-13(9-12)26-2/h3-5,9,11,14-15H,6-8,10H2,1-2H3,(H,21,25)(H,22,24). The van der Waals surface area contributed by atoms with Crippen molar-refractivity contribution in [2.45, 2.75) is 38.8 Å². The molecule has 0 radical (unpaired) electrons. The van der Waals surface area contributed by atoms with Crippen LogP contribution in [0.25, 0.3) is 0 Å². The van der Waals surface area contributed by atoms with E-state index in [1.165, 1.54) is 11.3 Å². The number of carbonyl (C=O) groups is 2. The van der Waals surface area contributed by atoms with Crippen molar-refractivity contribution in [2.75, 3.05) is 12.4 Å². The topological polar surface area (TPSA) is 72.4 Å². The SMILES string of the molecule is COc1cccc(CNC(=O)c2sc(=S)n3c2NC(=O)C2CC(C)CCC23)c1. The summed E-state index contributed by atoms with van der Waals surface area (Å²) in [6.45, 7) is 2.56. The smallest absolute Gasteiger partial charge is 0.265 e. The van der Waals surface area contributed by atoms with Crippen LogP contribution in [-0.2, 0) is 11.3 Å². The number of fused-ring (bicyclic) bond motifs is 3. The van der Waals surface area contributed by atoms with E-state index in [2.05, 4.69) is 17.6 Å². The van der Waals surface area contributed by atoms with E-state index < -0.39 is 0 Å². The fourth-order valence-electron chi connectivity index (χ4n) is 4.17. The van der Waals surface area contributed by atoms with Gasteiger partial charge < -0.3 is 19.9 Å². The van der Waals surface area contributed by atoms with Gasteiger partial charge in [-0.05, 0) is 55.1 Å². The Balaban J connectivity index is 1.57. The lowest BCUT2D eigenvalue weighted by Crippen LogP contribution is -2.41. The lowest BCUT2D eigenvalue weighted by molar-refractivity contribution is -0.123. The van der Waals surface area contributed by atoms with E-state index in [1.54, 1.807) is 7.11 Å². The van der Waals surface area contributed by atoms with E-state index >= 15 is 0 Å². The van der Waals surface area contributed by atoms with Crippen LogP contribution < -0.4 is 15.4 Å². The number of benzene rings is 1. The van der Waals surface area contributed by atoms with Crippen LogP contribution in [0.1, 0.15) is 47.5 Å². The van der Waals surface area contributed by atoms with E-state index in [0.29, 0.717) is 27.1 Å². The average Bonchev–Trinajstić information content (AvgIpc) is 3.03. The molecule has 1 saturated carbocycles. The van der Waals surface area contributed by atoms with Crippen LogP contribution >= 0.6 is 23.6 Å². The number of rotatable bonds is 4. The molecule has 148 valence electrons. The van der Waals surface area contributed by atoms with Gasteiger partial charge in [0.15, 0.2) is 3.95 Å². The molecule has 2 aromatic rings. The summed E-state index contributed by atoms with van der Waals surface area (Å²) in [5.74, 6) is 1.55. The van der Waals surface area contributed by atoms with Crippen LogP contribution in [0, 0.1) is 15.8 Å². The fourth-order valence-corrected chi connectivity index (χ4v) is 5.55. The second-order valence-electron chi connectivity index (χ2n) is 7.53. The summed E-state index contributed by atoms with van der Waals surface area (Å²) in [4.78, 5) is 26.0. The largest absolute Gasteiger partial charge is 0.497 e. The molecule has 3 unspecified atom stereocenters. The van der Waals surface area contributed by atoms with E-state index in [9.17, 15) is 9.59 Å². The molecule has 0 spiro atoms. The second kappa shape index (κ2) is 7.67. The minimum atomic E-state index is -0.226. The van der Waals surface area contributed by atoms with E-state index in [1.807, 2.05) is 28.8 Å². The van der Waals surface area contributed by atoms with E-state index in [0.717, 1.165) is 30.6 Å². The third-order valence-electron chi connectivity index (χ3n) is 5.62. The Bertz CT molecular complexity index is 981. The highest BCUT2D eigenvalue weighted by molar-refractivity contribution is 7.73. The lowest BCUT2D eigenvalue weighted by atomic mass is 9.77. The number of hydrogen-bond acceptors (Lipinski definition) is 5. The molecule has 2 heterocycles. The molecular weight excluding hydrogens is 394 g/mol. The van der Waals surface area contributed by atoms with Crippen molar-refractivity contribution in [1.82, 2.24) is 9.88 Å². The maximum Gasteiger partial charge on any atom is 0.265 e. The molecule has 1 aliphatic carbocycles. The zero-order valence-corrected chi connectivity index (χ0v) is 17.5. The second-order valence-corrected chi connectivity index (χ2v) is 9.18. The third-order valence-corrected chi connectivity index (χ3v) is 7.02. The summed E-state index contributed by atoms with van der Waals surface area (Å²) in [5.41, 5.74) is 0.940. The van der Waals surface area contributed by atoms with Gasteiger partial charge in [0, 0.05) is 12.6 Å². The first-order valence-electron chi connectivity index (χ1n) is 9.45. The normalized spacial score (nSPS) is 23.4. The van der Waals surface area contributed by atoms with Crippen molar-refractivity contribution in [3.63, 3.8) is 0 Å². The summed E-state index contributed by atoms with van der Waals surface area (Å²) in [6.07, 6.45) is 2.86. The summed E-state index contributed by atoms with van der Waals surface area (Å²) in [6, 6.07) is 7.61. The summed E-state index contributed by atoms with van der Waals surface area (Å²) in [7, 11) is 1.61. The Hall–Kier alpha value is -2.19. The van der Waals surface area contributed by atoms with E-state index in [-0.39, 0.29) is 23.8 Å². The number of ether oxygens (including phenoxy) is 1. The van der Waals surface area contributed by atoms with Gasteiger partial charge in [-0.3, -0.25) is 9.59 Å². The highest BCUT2D eigenvalue weighted by Gasteiger charge is 2.41. The summed E-state index contributed by atoms with van der Waals surface area (Å²) in [5, 5.41) is 5.88. The predicted molar refractivity (Wildman–Crippen MR) is 111 cm³/mol. The number of methoxy groups -OCH3 is 1. The number of nitrogens with one attached hydrogen (secondary N) is 2. The van der Waals surface area contributed by atoms with Gasteiger partial charge in [-0.2, -0.15) is 0 Å². The summed E-state index contributed by atoms with van der Waals surface area (Å²) >= 11 is 6.83. The number of thiazole rings is 1. The van der Waals surface area contributed by atoms with Gasteiger partial charge >= 0.3 is 0 Å². The molecule has 1 aliphatic heterocycles. The van der Waals surface area contributed by atoms with Crippen LogP contribution in [-0.4, -0.2) is 23.5 Å². The van der Waals surface area contributed by atoms with Gasteiger partial charge in [-0.25, -0.2) is 0 Å². The number of amides is 2. The molecule has 28 heavy (non-hydrogen) atoms. The van der Waals surface area contributed by atoms with Crippen LogP contribution in [0.4, 0.5) is 5.82 Å². The molecule has 2 amide bonds. The molecule has 4 rings (SSSR count).